The molecule has 10 nitrogen and oxygen atoms in total. The minimum absolute atomic E-state index is 0.228. The molecular formula is C21H25N7O3. The third kappa shape index (κ3) is 4.14. The number of carbonyl (C=O) groups excluding carboxylic acids is 2. The van der Waals surface area contributed by atoms with Gasteiger partial charge in [0.15, 0.2) is 0 Å². The van der Waals surface area contributed by atoms with Crippen LogP contribution in [-0.2, 0) is 9.59 Å². The molecule has 3 aromatic heterocycles. The van der Waals surface area contributed by atoms with Crippen molar-refractivity contribution in [3.05, 3.63) is 36.3 Å². The smallest absolute Gasteiger partial charge is 0.314 e. The Morgan fingerprint density at radius 3 is 2.97 bits per heavy atom. The van der Waals surface area contributed by atoms with Crippen LogP contribution in [0.15, 0.2) is 30.7 Å². The summed E-state index contributed by atoms with van der Waals surface area (Å²) in [5.41, 5.74) is 7.61. The topological polar surface area (TPSA) is 139 Å². The van der Waals surface area contributed by atoms with Crippen molar-refractivity contribution in [3.63, 3.8) is 0 Å². The Morgan fingerprint density at radius 1 is 1.32 bits per heavy atom. The van der Waals surface area contributed by atoms with Crippen molar-refractivity contribution in [2.45, 2.75) is 32.7 Å². The number of pyridine rings is 2. The number of nitrogens with one attached hydrogen (secondary N) is 2. The average molecular weight is 423 g/mol. The fourth-order valence-corrected chi connectivity index (χ4v) is 3.94. The first-order chi connectivity index (χ1) is 15.0. The van der Waals surface area contributed by atoms with Crippen LogP contribution in [0.5, 0.6) is 5.88 Å². The Kier molecular flexibility index (Phi) is 5.70. The Hall–Kier alpha value is -3.69. The molecule has 0 bridgehead atoms. The summed E-state index contributed by atoms with van der Waals surface area (Å²) < 4.78 is 5.50. The van der Waals surface area contributed by atoms with Crippen LogP contribution in [0, 0.1) is 5.92 Å². The Morgan fingerprint density at radius 2 is 2.16 bits per heavy atom. The Labute approximate surface area is 179 Å². The molecule has 31 heavy (non-hydrogen) atoms. The number of H-pyrrole nitrogens is 1. The molecule has 10 heteroatoms. The van der Waals surface area contributed by atoms with E-state index in [1.165, 1.54) is 12.4 Å². The van der Waals surface area contributed by atoms with Gasteiger partial charge in [-0.3, -0.25) is 14.7 Å². The molecule has 1 aliphatic heterocycles. The minimum Gasteiger partial charge on any atom is -0.478 e. The van der Waals surface area contributed by atoms with E-state index in [1.54, 1.807) is 11.1 Å². The van der Waals surface area contributed by atoms with Crippen LogP contribution < -0.4 is 15.8 Å². The number of nitrogens with zero attached hydrogens (tertiary/aromatic N) is 4. The zero-order valence-electron chi connectivity index (χ0n) is 17.5. The van der Waals surface area contributed by atoms with Gasteiger partial charge in [-0.25, -0.2) is 9.97 Å². The lowest BCUT2D eigenvalue weighted by Gasteiger charge is -2.38. The van der Waals surface area contributed by atoms with Gasteiger partial charge in [-0.2, -0.15) is 5.10 Å². The number of nitrogens with two attached hydrogens (primary N) is 1. The lowest BCUT2D eigenvalue weighted by molar-refractivity contribution is -0.146. The maximum Gasteiger partial charge on any atom is 0.314 e. The van der Waals surface area contributed by atoms with E-state index >= 15 is 0 Å². The molecule has 0 spiro atoms. The monoisotopic (exact) mass is 423 g/mol. The first-order valence-corrected chi connectivity index (χ1v) is 10.3. The van der Waals surface area contributed by atoms with Gasteiger partial charge >= 0.3 is 11.8 Å². The van der Waals surface area contributed by atoms with Crippen LogP contribution in [0.1, 0.15) is 38.3 Å². The van der Waals surface area contributed by atoms with Crippen LogP contribution in [0.2, 0.25) is 0 Å². The summed E-state index contributed by atoms with van der Waals surface area (Å²) in [6.07, 6.45) is 6.31. The molecule has 1 aliphatic rings. The fraction of sp³-hybridized carbons (Fsp3) is 0.381. The third-order valence-electron chi connectivity index (χ3n) is 5.47. The number of likely N-dealkylation sites (tertiary alicyclic amines) is 1. The predicted molar refractivity (Wildman–Crippen MR) is 115 cm³/mol. The molecule has 1 fully saturated rings. The fourth-order valence-electron chi connectivity index (χ4n) is 3.94. The minimum atomic E-state index is -0.736. The van der Waals surface area contributed by atoms with Crippen molar-refractivity contribution >= 4 is 34.2 Å². The van der Waals surface area contributed by atoms with Gasteiger partial charge < -0.3 is 20.7 Å². The van der Waals surface area contributed by atoms with Crippen molar-refractivity contribution in [2.75, 3.05) is 24.2 Å². The lowest BCUT2D eigenvalue weighted by Crippen LogP contribution is -2.46. The molecule has 1 saturated heterocycles. The zero-order chi connectivity index (χ0) is 22.0. The molecule has 4 heterocycles. The number of carbonyl (C=O) groups is 2. The standard InChI is InChI=1S/C21H25N7O3/c1-3-31-17-8-13(6-7-23-17)16-5-4-12(2)11-28(16)21(30)20(29)26-15-10-24-19(22)14-9-25-27-18(14)15/h6-10,12,16H,3-5,11H2,1-2H3,(H2,22,24)(H,25,27)(H,26,29)/t12-,16+/m0/s1. The van der Waals surface area contributed by atoms with Gasteiger partial charge in [0.05, 0.1) is 41.6 Å². The molecule has 4 N–H and O–H groups in total. The third-order valence-corrected chi connectivity index (χ3v) is 5.47. The van der Waals surface area contributed by atoms with Crippen LogP contribution in [-0.4, -0.2) is 50.0 Å². The first-order valence-electron chi connectivity index (χ1n) is 10.3. The number of anilines is 2. The SMILES string of the molecule is CCOc1cc([C@H]2CC[C@H](C)CN2C(=O)C(=O)Nc2cnc(N)c3cn[nH]c23)ccn1. The van der Waals surface area contributed by atoms with E-state index in [-0.39, 0.29) is 6.04 Å². The van der Waals surface area contributed by atoms with Crippen molar-refractivity contribution in [2.24, 2.45) is 5.92 Å². The summed E-state index contributed by atoms with van der Waals surface area (Å²) in [5.74, 6) is -0.249. The maximum absolute atomic E-state index is 13.2. The molecule has 0 saturated carbocycles. The summed E-state index contributed by atoms with van der Waals surface area (Å²) in [6, 6.07) is 3.47. The second kappa shape index (κ2) is 8.58. The number of nitrogen functional groups attached to an aromatic ring is 1. The van der Waals surface area contributed by atoms with E-state index in [4.69, 9.17) is 10.5 Å². The van der Waals surface area contributed by atoms with Gasteiger partial charge in [0.1, 0.15) is 5.82 Å². The zero-order valence-corrected chi connectivity index (χ0v) is 17.5. The molecule has 162 valence electrons. The van der Waals surface area contributed by atoms with Crippen LogP contribution >= 0.6 is 0 Å². The van der Waals surface area contributed by atoms with Gasteiger partial charge in [-0.05, 0) is 37.3 Å². The van der Waals surface area contributed by atoms with Crippen molar-refractivity contribution < 1.29 is 14.3 Å². The van der Waals surface area contributed by atoms with Gasteiger partial charge in [0, 0.05) is 18.8 Å². The van der Waals surface area contributed by atoms with Gasteiger partial charge in [0.2, 0.25) is 5.88 Å². The summed E-state index contributed by atoms with van der Waals surface area (Å²) >= 11 is 0. The number of aromatic nitrogens is 4. The second-order valence-corrected chi connectivity index (χ2v) is 7.69. The van der Waals surface area contributed by atoms with Gasteiger partial charge in [-0.1, -0.05) is 6.92 Å². The van der Waals surface area contributed by atoms with E-state index < -0.39 is 11.8 Å². The molecular weight excluding hydrogens is 398 g/mol. The number of piperidine rings is 1. The molecule has 0 unspecified atom stereocenters. The lowest BCUT2D eigenvalue weighted by atomic mass is 9.90. The van der Waals surface area contributed by atoms with E-state index in [9.17, 15) is 9.59 Å². The molecule has 3 aromatic rings. The van der Waals surface area contributed by atoms with Crippen molar-refractivity contribution in [1.29, 1.82) is 0 Å². The summed E-state index contributed by atoms with van der Waals surface area (Å²) in [5, 5.41) is 9.96. The largest absolute Gasteiger partial charge is 0.478 e. The molecule has 2 atom stereocenters. The number of amides is 2. The highest BCUT2D eigenvalue weighted by molar-refractivity contribution is 6.40. The van der Waals surface area contributed by atoms with Crippen molar-refractivity contribution in [3.8, 4) is 5.88 Å². The van der Waals surface area contributed by atoms with E-state index in [2.05, 4.69) is 32.4 Å². The summed E-state index contributed by atoms with van der Waals surface area (Å²) in [6.45, 7) is 4.95. The molecule has 0 radical (unpaired) electrons. The number of ether oxygens (including phenoxy) is 1. The number of rotatable bonds is 4. The molecule has 0 aromatic carbocycles. The number of hydrogen-bond acceptors (Lipinski definition) is 7. The van der Waals surface area contributed by atoms with E-state index in [0.717, 1.165) is 18.4 Å². The predicted octanol–water partition coefficient (Wildman–Crippen LogP) is 2.27. The van der Waals surface area contributed by atoms with E-state index in [1.807, 2.05) is 19.1 Å². The highest BCUT2D eigenvalue weighted by Gasteiger charge is 2.34. The number of hydrogen-bond donors (Lipinski definition) is 3. The van der Waals surface area contributed by atoms with Crippen LogP contribution in [0.25, 0.3) is 10.9 Å². The normalized spacial score (nSPS) is 18.7. The van der Waals surface area contributed by atoms with Crippen molar-refractivity contribution in [1.82, 2.24) is 25.1 Å². The summed E-state index contributed by atoms with van der Waals surface area (Å²) in [4.78, 5) is 36.0. The van der Waals surface area contributed by atoms with E-state index in [0.29, 0.717) is 47.4 Å². The molecule has 0 aliphatic carbocycles. The van der Waals surface area contributed by atoms with Gasteiger partial charge in [-0.15, -0.1) is 0 Å². The number of aromatic amines is 1. The van der Waals surface area contributed by atoms with Crippen LogP contribution in [0.4, 0.5) is 11.5 Å². The Bertz CT molecular complexity index is 1110. The molecule has 4 rings (SSSR count). The summed E-state index contributed by atoms with van der Waals surface area (Å²) in [7, 11) is 0. The quantitative estimate of drug-likeness (QED) is 0.547. The molecule has 2 amide bonds. The second-order valence-electron chi connectivity index (χ2n) is 7.69. The first kappa shape index (κ1) is 20.6. The average Bonchev–Trinajstić information content (AvgIpc) is 3.27. The Balaban J connectivity index is 1.58. The number of fused-ring (bicyclic) bond motifs is 1. The maximum atomic E-state index is 13.2. The highest BCUT2D eigenvalue weighted by atomic mass is 16.5. The highest BCUT2D eigenvalue weighted by Crippen LogP contribution is 2.34. The van der Waals surface area contributed by atoms with Gasteiger partial charge in [0.25, 0.3) is 0 Å². The van der Waals surface area contributed by atoms with Crippen LogP contribution in [0.3, 0.4) is 0 Å².